The van der Waals surface area contributed by atoms with Crippen molar-refractivity contribution in [2.24, 2.45) is 5.92 Å². The van der Waals surface area contributed by atoms with Crippen molar-refractivity contribution in [2.45, 2.75) is 26.3 Å². The molecule has 0 bridgehead atoms. The average molecular weight is 249 g/mol. The van der Waals surface area contributed by atoms with E-state index in [2.05, 4.69) is 5.32 Å². The second-order valence-corrected chi connectivity index (χ2v) is 6.39. The van der Waals surface area contributed by atoms with E-state index in [0.717, 1.165) is 0 Å². The maximum Gasteiger partial charge on any atom is 0.309 e. The first-order valence-electron chi connectivity index (χ1n) is 5.55. The molecule has 5 nitrogen and oxygen atoms in total. The van der Waals surface area contributed by atoms with Crippen LogP contribution in [0.2, 0.25) is 0 Å². The smallest absolute Gasteiger partial charge is 0.309 e. The normalized spacial score (nSPS) is 25.2. The van der Waals surface area contributed by atoms with Gasteiger partial charge >= 0.3 is 5.97 Å². The molecule has 0 amide bonds. The molecule has 6 heteroatoms. The number of hydrogen-bond donors (Lipinski definition) is 1. The van der Waals surface area contributed by atoms with Crippen molar-refractivity contribution < 1.29 is 17.9 Å². The van der Waals surface area contributed by atoms with E-state index < -0.39 is 9.84 Å². The molecular formula is C10H19NO4S. The third kappa shape index (κ3) is 4.09. The summed E-state index contributed by atoms with van der Waals surface area (Å²) in [5.41, 5.74) is 0. The molecule has 16 heavy (non-hydrogen) atoms. The van der Waals surface area contributed by atoms with Crippen molar-refractivity contribution >= 4 is 15.8 Å². The first kappa shape index (κ1) is 13.4. The Labute approximate surface area is 96.5 Å². The van der Waals surface area contributed by atoms with E-state index in [0.29, 0.717) is 19.6 Å². The fourth-order valence-electron chi connectivity index (χ4n) is 1.67. The minimum atomic E-state index is -2.85. The van der Waals surface area contributed by atoms with E-state index in [4.69, 9.17) is 4.74 Å². The van der Waals surface area contributed by atoms with Crippen molar-refractivity contribution in [1.29, 1.82) is 0 Å². The van der Waals surface area contributed by atoms with E-state index in [1.54, 1.807) is 13.8 Å². The summed E-state index contributed by atoms with van der Waals surface area (Å²) in [5, 5.41) is 3.10. The van der Waals surface area contributed by atoms with Gasteiger partial charge in [0.25, 0.3) is 0 Å². The van der Waals surface area contributed by atoms with Gasteiger partial charge in [0.05, 0.1) is 24.0 Å². The standard InChI is InChI=1S/C10H19NO4S/c1-3-15-10(12)8(2)6-11-9-4-5-16(13,14)7-9/h8-9,11H,3-7H2,1-2H3. The lowest BCUT2D eigenvalue weighted by Gasteiger charge is -2.14. The van der Waals surface area contributed by atoms with Gasteiger partial charge in [-0.05, 0) is 13.3 Å². The number of rotatable bonds is 5. The zero-order chi connectivity index (χ0) is 12.2. The Morgan fingerprint density at radius 2 is 2.25 bits per heavy atom. The quantitative estimate of drug-likeness (QED) is 0.692. The lowest BCUT2D eigenvalue weighted by atomic mass is 10.1. The summed E-state index contributed by atoms with van der Waals surface area (Å²) < 4.78 is 27.2. The highest BCUT2D eigenvalue weighted by Crippen LogP contribution is 2.11. The van der Waals surface area contributed by atoms with E-state index >= 15 is 0 Å². The van der Waals surface area contributed by atoms with Crippen molar-refractivity contribution in [3.05, 3.63) is 0 Å². The summed E-state index contributed by atoms with van der Waals surface area (Å²) >= 11 is 0. The van der Waals surface area contributed by atoms with Gasteiger partial charge in [-0.15, -0.1) is 0 Å². The van der Waals surface area contributed by atoms with Crippen LogP contribution in [-0.4, -0.2) is 45.1 Å². The summed E-state index contributed by atoms with van der Waals surface area (Å²) in [4.78, 5) is 11.3. The van der Waals surface area contributed by atoms with Gasteiger partial charge < -0.3 is 10.1 Å². The van der Waals surface area contributed by atoms with E-state index in [1.165, 1.54) is 0 Å². The van der Waals surface area contributed by atoms with Crippen LogP contribution >= 0.6 is 0 Å². The lowest BCUT2D eigenvalue weighted by molar-refractivity contribution is -0.147. The molecule has 0 aromatic rings. The maximum absolute atomic E-state index is 11.3. The topological polar surface area (TPSA) is 72.5 Å². The average Bonchev–Trinajstić information content (AvgIpc) is 2.55. The van der Waals surface area contributed by atoms with Crippen LogP contribution in [0.4, 0.5) is 0 Å². The molecule has 1 aliphatic heterocycles. The van der Waals surface area contributed by atoms with Crippen molar-refractivity contribution in [3.8, 4) is 0 Å². The predicted molar refractivity (Wildman–Crippen MR) is 60.9 cm³/mol. The summed E-state index contributed by atoms with van der Waals surface area (Å²) in [6.45, 7) is 4.38. The second-order valence-electron chi connectivity index (χ2n) is 4.16. The van der Waals surface area contributed by atoms with Crippen molar-refractivity contribution in [2.75, 3.05) is 24.7 Å². The molecule has 1 heterocycles. The van der Waals surface area contributed by atoms with Crippen LogP contribution in [0.1, 0.15) is 20.3 Å². The van der Waals surface area contributed by atoms with Crippen molar-refractivity contribution in [1.82, 2.24) is 5.32 Å². The number of ether oxygens (including phenoxy) is 1. The van der Waals surface area contributed by atoms with Crippen LogP contribution in [0.5, 0.6) is 0 Å². The van der Waals surface area contributed by atoms with Crippen LogP contribution in [-0.2, 0) is 19.4 Å². The Kier molecular flexibility index (Phi) is 4.73. The molecular weight excluding hydrogens is 230 g/mol. The number of carbonyl (C=O) groups excluding carboxylic acids is 1. The monoisotopic (exact) mass is 249 g/mol. The number of hydrogen-bond acceptors (Lipinski definition) is 5. The van der Waals surface area contributed by atoms with Crippen molar-refractivity contribution in [3.63, 3.8) is 0 Å². The molecule has 94 valence electrons. The number of carbonyl (C=O) groups is 1. The van der Waals surface area contributed by atoms with Crippen LogP contribution in [0, 0.1) is 5.92 Å². The molecule has 1 fully saturated rings. The molecule has 1 rings (SSSR count). The SMILES string of the molecule is CCOC(=O)C(C)CNC1CCS(=O)(=O)C1. The van der Waals surface area contributed by atoms with Gasteiger partial charge in [0.2, 0.25) is 0 Å². The highest BCUT2D eigenvalue weighted by molar-refractivity contribution is 7.91. The molecule has 1 N–H and O–H groups in total. The molecule has 0 spiro atoms. The molecule has 2 unspecified atom stereocenters. The lowest BCUT2D eigenvalue weighted by Crippen LogP contribution is -2.36. The van der Waals surface area contributed by atoms with E-state index in [-0.39, 0.29) is 29.4 Å². The number of sulfone groups is 1. The molecule has 1 saturated heterocycles. The molecule has 2 atom stereocenters. The first-order chi connectivity index (χ1) is 7.44. The Hall–Kier alpha value is -0.620. The largest absolute Gasteiger partial charge is 0.466 e. The van der Waals surface area contributed by atoms with E-state index in [9.17, 15) is 13.2 Å². The zero-order valence-corrected chi connectivity index (χ0v) is 10.5. The van der Waals surface area contributed by atoms with Crippen LogP contribution in [0.3, 0.4) is 0 Å². The summed E-state index contributed by atoms with van der Waals surface area (Å²) in [6, 6.07) is -0.0122. The van der Waals surface area contributed by atoms with Crippen LogP contribution in [0.25, 0.3) is 0 Å². The van der Waals surface area contributed by atoms with Gasteiger partial charge in [0.15, 0.2) is 9.84 Å². The van der Waals surface area contributed by atoms with Gasteiger partial charge in [0, 0.05) is 12.6 Å². The van der Waals surface area contributed by atoms with Crippen LogP contribution in [0.15, 0.2) is 0 Å². The third-order valence-electron chi connectivity index (χ3n) is 2.63. The highest BCUT2D eigenvalue weighted by atomic mass is 32.2. The molecule has 0 radical (unpaired) electrons. The maximum atomic E-state index is 11.3. The third-order valence-corrected chi connectivity index (χ3v) is 4.40. The molecule has 0 aromatic heterocycles. The Morgan fingerprint density at radius 3 is 2.75 bits per heavy atom. The fraction of sp³-hybridized carbons (Fsp3) is 0.900. The highest BCUT2D eigenvalue weighted by Gasteiger charge is 2.28. The minimum absolute atomic E-state index is 0.0122. The Balaban J connectivity index is 2.28. The predicted octanol–water partition coefficient (Wildman–Crippen LogP) is -0.0377. The minimum Gasteiger partial charge on any atom is -0.466 e. The Bertz CT molecular complexity index is 339. The molecule has 0 aromatic carbocycles. The summed E-state index contributed by atoms with van der Waals surface area (Å²) in [6.07, 6.45) is 0.637. The first-order valence-corrected chi connectivity index (χ1v) is 7.37. The van der Waals surface area contributed by atoms with Gasteiger partial charge in [0.1, 0.15) is 0 Å². The molecule has 0 aliphatic carbocycles. The summed E-state index contributed by atoms with van der Waals surface area (Å²) in [5.74, 6) is -0.0415. The molecule has 1 aliphatic rings. The number of esters is 1. The second kappa shape index (κ2) is 5.63. The van der Waals surface area contributed by atoms with Gasteiger partial charge in [-0.1, -0.05) is 6.92 Å². The summed E-state index contributed by atoms with van der Waals surface area (Å²) in [7, 11) is -2.85. The van der Waals surface area contributed by atoms with Gasteiger partial charge in [-0.3, -0.25) is 4.79 Å². The van der Waals surface area contributed by atoms with Crippen LogP contribution < -0.4 is 5.32 Å². The van der Waals surface area contributed by atoms with Gasteiger partial charge in [-0.2, -0.15) is 0 Å². The zero-order valence-electron chi connectivity index (χ0n) is 9.73. The van der Waals surface area contributed by atoms with Gasteiger partial charge in [-0.25, -0.2) is 8.42 Å². The van der Waals surface area contributed by atoms with E-state index in [1.807, 2.05) is 0 Å². The number of nitrogens with one attached hydrogen (secondary N) is 1. The Morgan fingerprint density at radius 1 is 1.56 bits per heavy atom. The molecule has 0 saturated carbocycles. The fourth-order valence-corrected chi connectivity index (χ4v) is 3.38.